The lowest BCUT2D eigenvalue weighted by atomic mass is 10.2. The van der Waals surface area contributed by atoms with Crippen molar-refractivity contribution in [1.29, 1.82) is 0 Å². The number of aromatic nitrogens is 2. The van der Waals surface area contributed by atoms with Crippen molar-refractivity contribution >= 4 is 17.4 Å². The van der Waals surface area contributed by atoms with Gasteiger partial charge in [-0.3, -0.25) is 9.78 Å². The van der Waals surface area contributed by atoms with E-state index in [9.17, 15) is 4.79 Å². The summed E-state index contributed by atoms with van der Waals surface area (Å²) in [6.07, 6.45) is 5.32. The first-order valence-electron chi connectivity index (χ1n) is 6.16. The molecule has 98 valence electrons. The SMILES string of the molecule is CCNc1ccc(NC(=O)Cc2ccncc2)cn1. The van der Waals surface area contributed by atoms with E-state index in [-0.39, 0.29) is 5.91 Å². The van der Waals surface area contributed by atoms with Crippen LogP contribution < -0.4 is 10.6 Å². The van der Waals surface area contributed by atoms with Crippen molar-refractivity contribution in [2.75, 3.05) is 17.2 Å². The summed E-state index contributed by atoms with van der Waals surface area (Å²) < 4.78 is 0. The fourth-order valence-electron chi connectivity index (χ4n) is 1.64. The number of amides is 1. The van der Waals surface area contributed by atoms with Crippen molar-refractivity contribution in [3.8, 4) is 0 Å². The Morgan fingerprint density at radius 1 is 1.21 bits per heavy atom. The van der Waals surface area contributed by atoms with Gasteiger partial charge in [0.25, 0.3) is 0 Å². The molecule has 1 amide bonds. The highest BCUT2D eigenvalue weighted by molar-refractivity contribution is 5.92. The minimum Gasteiger partial charge on any atom is -0.370 e. The summed E-state index contributed by atoms with van der Waals surface area (Å²) in [6.45, 7) is 2.83. The standard InChI is InChI=1S/C14H16N4O/c1-2-16-13-4-3-12(10-17-13)18-14(19)9-11-5-7-15-8-6-11/h3-8,10H,2,9H2,1H3,(H,16,17)(H,18,19). The zero-order valence-electron chi connectivity index (χ0n) is 10.8. The molecule has 0 spiro atoms. The molecule has 5 nitrogen and oxygen atoms in total. The van der Waals surface area contributed by atoms with Crippen molar-refractivity contribution in [3.63, 3.8) is 0 Å². The molecule has 0 aliphatic heterocycles. The van der Waals surface area contributed by atoms with Gasteiger partial charge in [0.1, 0.15) is 5.82 Å². The van der Waals surface area contributed by atoms with Gasteiger partial charge in [0.2, 0.25) is 5.91 Å². The van der Waals surface area contributed by atoms with Crippen molar-refractivity contribution in [3.05, 3.63) is 48.4 Å². The number of nitrogens with zero attached hydrogens (tertiary/aromatic N) is 2. The average Bonchev–Trinajstić information content (AvgIpc) is 2.42. The van der Waals surface area contributed by atoms with E-state index in [1.165, 1.54) is 0 Å². The highest BCUT2D eigenvalue weighted by atomic mass is 16.1. The van der Waals surface area contributed by atoms with Gasteiger partial charge >= 0.3 is 0 Å². The summed E-state index contributed by atoms with van der Waals surface area (Å²) in [7, 11) is 0. The van der Waals surface area contributed by atoms with Gasteiger partial charge in [0.15, 0.2) is 0 Å². The maximum Gasteiger partial charge on any atom is 0.228 e. The second-order valence-corrected chi connectivity index (χ2v) is 4.04. The maximum atomic E-state index is 11.8. The van der Waals surface area contributed by atoms with Gasteiger partial charge < -0.3 is 10.6 Å². The van der Waals surface area contributed by atoms with Crippen molar-refractivity contribution in [1.82, 2.24) is 9.97 Å². The van der Waals surface area contributed by atoms with Crippen molar-refractivity contribution in [2.45, 2.75) is 13.3 Å². The van der Waals surface area contributed by atoms with Gasteiger partial charge in [0.05, 0.1) is 18.3 Å². The van der Waals surface area contributed by atoms with Crippen LogP contribution in [-0.2, 0) is 11.2 Å². The highest BCUT2D eigenvalue weighted by Crippen LogP contribution is 2.10. The van der Waals surface area contributed by atoms with Gasteiger partial charge in [0, 0.05) is 18.9 Å². The van der Waals surface area contributed by atoms with Crippen LogP contribution in [0.15, 0.2) is 42.9 Å². The third-order valence-corrected chi connectivity index (χ3v) is 2.52. The first kappa shape index (κ1) is 13.0. The highest BCUT2D eigenvalue weighted by Gasteiger charge is 2.04. The fraction of sp³-hybridized carbons (Fsp3) is 0.214. The Bertz CT molecular complexity index is 525. The van der Waals surface area contributed by atoms with E-state index in [2.05, 4.69) is 20.6 Å². The second kappa shape index (κ2) is 6.49. The average molecular weight is 256 g/mol. The van der Waals surface area contributed by atoms with E-state index in [0.717, 1.165) is 17.9 Å². The molecule has 2 heterocycles. The Kier molecular flexibility index (Phi) is 4.44. The summed E-state index contributed by atoms with van der Waals surface area (Å²) in [5, 5.41) is 5.91. The third kappa shape index (κ3) is 4.06. The number of carbonyl (C=O) groups is 1. The quantitative estimate of drug-likeness (QED) is 0.859. The molecule has 0 unspecified atom stereocenters. The van der Waals surface area contributed by atoms with Gasteiger partial charge in [-0.05, 0) is 36.8 Å². The molecule has 2 aromatic heterocycles. The topological polar surface area (TPSA) is 66.9 Å². The van der Waals surface area contributed by atoms with Gasteiger partial charge in [-0.1, -0.05) is 0 Å². The van der Waals surface area contributed by atoms with Crippen molar-refractivity contribution in [2.24, 2.45) is 0 Å². The Labute approximate surface area is 112 Å². The van der Waals surface area contributed by atoms with Crippen LogP contribution in [0.1, 0.15) is 12.5 Å². The number of hydrogen-bond acceptors (Lipinski definition) is 4. The molecule has 2 N–H and O–H groups in total. The summed E-state index contributed by atoms with van der Waals surface area (Å²) >= 11 is 0. The molecule has 19 heavy (non-hydrogen) atoms. The fourth-order valence-corrected chi connectivity index (χ4v) is 1.64. The normalized spacial score (nSPS) is 9.95. The van der Waals surface area contributed by atoms with Crippen LogP contribution in [0, 0.1) is 0 Å². The van der Waals surface area contributed by atoms with Crippen LogP contribution in [0.4, 0.5) is 11.5 Å². The molecule has 0 saturated heterocycles. The Balaban J connectivity index is 1.91. The van der Waals surface area contributed by atoms with E-state index in [1.54, 1.807) is 18.6 Å². The largest absolute Gasteiger partial charge is 0.370 e. The van der Waals surface area contributed by atoms with E-state index >= 15 is 0 Å². The zero-order valence-corrected chi connectivity index (χ0v) is 10.8. The van der Waals surface area contributed by atoms with Gasteiger partial charge in [-0.15, -0.1) is 0 Å². The Morgan fingerprint density at radius 2 is 2.00 bits per heavy atom. The smallest absolute Gasteiger partial charge is 0.228 e. The van der Waals surface area contributed by atoms with Crippen molar-refractivity contribution < 1.29 is 4.79 Å². The van der Waals surface area contributed by atoms with Gasteiger partial charge in [-0.25, -0.2) is 4.98 Å². The molecule has 0 bridgehead atoms. The van der Waals surface area contributed by atoms with Crippen LogP contribution in [0.25, 0.3) is 0 Å². The van der Waals surface area contributed by atoms with Gasteiger partial charge in [-0.2, -0.15) is 0 Å². The lowest BCUT2D eigenvalue weighted by Gasteiger charge is -2.06. The number of pyridine rings is 2. The summed E-state index contributed by atoms with van der Waals surface area (Å²) in [5.74, 6) is 0.735. The number of carbonyl (C=O) groups excluding carboxylic acids is 1. The molecule has 0 fully saturated rings. The number of hydrogen-bond donors (Lipinski definition) is 2. The lowest BCUT2D eigenvalue weighted by molar-refractivity contribution is -0.115. The van der Waals surface area contributed by atoms with Crippen LogP contribution in [0.3, 0.4) is 0 Å². The van der Waals surface area contributed by atoms with E-state index in [4.69, 9.17) is 0 Å². The summed E-state index contributed by atoms with van der Waals surface area (Å²) in [4.78, 5) is 19.9. The number of anilines is 2. The first-order valence-corrected chi connectivity index (χ1v) is 6.16. The minimum absolute atomic E-state index is 0.0656. The number of rotatable bonds is 5. The predicted octanol–water partition coefficient (Wildman–Crippen LogP) is 2.09. The lowest BCUT2D eigenvalue weighted by Crippen LogP contribution is -2.14. The molecule has 0 radical (unpaired) electrons. The zero-order chi connectivity index (χ0) is 13.5. The molecule has 0 saturated carbocycles. The first-order chi connectivity index (χ1) is 9.28. The van der Waals surface area contributed by atoms with E-state index in [1.807, 2.05) is 31.2 Å². The van der Waals surface area contributed by atoms with Crippen LogP contribution in [0.5, 0.6) is 0 Å². The van der Waals surface area contributed by atoms with E-state index in [0.29, 0.717) is 12.1 Å². The summed E-state index contributed by atoms with van der Waals surface area (Å²) in [6, 6.07) is 7.32. The molecule has 0 aromatic carbocycles. The predicted molar refractivity (Wildman–Crippen MR) is 75.0 cm³/mol. The van der Waals surface area contributed by atoms with E-state index < -0.39 is 0 Å². The monoisotopic (exact) mass is 256 g/mol. The second-order valence-electron chi connectivity index (χ2n) is 4.04. The minimum atomic E-state index is -0.0656. The van der Waals surface area contributed by atoms with Crippen LogP contribution in [-0.4, -0.2) is 22.4 Å². The molecular formula is C14H16N4O. The molecule has 0 atom stereocenters. The molecule has 2 aromatic rings. The molecule has 0 aliphatic rings. The maximum absolute atomic E-state index is 11.8. The summed E-state index contributed by atoms with van der Waals surface area (Å²) in [5.41, 5.74) is 1.63. The molecule has 2 rings (SSSR count). The third-order valence-electron chi connectivity index (χ3n) is 2.52. The van der Waals surface area contributed by atoms with Crippen LogP contribution in [0.2, 0.25) is 0 Å². The molecular weight excluding hydrogens is 240 g/mol. The molecule has 5 heteroatoms. The molecule has 0 aliphatic carbocycles. The number of nitrogens with one attached hydrogen (secondary N) is 2. The Morgan fingerprint density at radius 3 is 2.63 bits per heavy atom. The van der Waals surface area contributed by atoms with Crippen LogP contribution >= 0.6 is 0 Å². The Hall–Kier alpha value is -2.43.